The lowest BCUT2D eigenvalue weighted by Gasteiger charge is -2.43. The minimum absolute atomic E-state index is 0.0440. The van der Waals surface area contributed by atoms with Gasteiger partial charge < -0.3 is 39.2 Å². The molecule has 1 saturated carbocycles. The quantitative estimate of drug-likeness (QED) is 0.139. The number of allylic oxidation sites excluding steroid dienone is 7. The van der Waals surface area contributed by atoms with Gasteiger partial charge in [-0.3, -0.25) is 19.2 Å². The number of esters is 1. The number of hydrogen-bond acceptors (Lipinski definition) is 12. The fourth-order valence-electron chi connectivity index (χ4n) is 10.4. The normalized spacial score (nSPS) is 40.4. The second kappa shape index (κ2) is 25.2. The van der Waals surface area contributed by atoms with Gasteiger partial charge in [0.25, 0.3) is 11.7 Å². The topological polar surface area (TPSA) is 186 Å². The number of aliphatic hydroxyl groups excluding tert-OH is 2. The minimum Gasteiger partial charge on any atom is -0.460 e. The second-order valence-electron chi connectivity index (χ2n) is 20.0. The predicted octanol–water partition coefficient (Wildman–Crippen LogP) is 7.19. The van der Waals surface area contributed by atoms with Crippen LogP contribution >= 0.6 is 0 Å². The average Bonchev–Trinajstić information content (AvgIpc) is 3.28. The first kappa shape index (κ1) is 54.3. The molecule has 15 atom stereocenters. The monoisotopic (exact) mass is 912 g/mol. The van der Waals surface area contributed by atoms with Crippen molar-refractivity contribution in [2.45, 2.75) is 187 Å². The Bertz CT molecular complexity index is 1750. The van der Waals surface area contributed by atoms with Gasteiger partial charge in [0.2, 0.25) is 5.79 Å². The van der Waals surface area contributed by atoms with Gasteiger partial charge in [-0.05, 0) is 120 Å². The summed E-state index contributed by atoms with van der Waals surface area (Å²) < 4.78 is 23.7. The first-order chi connectivity index (χ1) is 30.7. The van der Waals surface area contributed by atoms with Gasteiger partial charge in [0.15, 0.2) is 5.78 Å². The standard InChI is InChI=1S/C52H81NO12/c1-11-39-29-40-22-20-37(8)52(61,65-40)49(58)50(59)53-24-16-15-19-41(53)51(60)64-44(34(5)27-38-21-23-42(54)45(28-38)62-9)30-43(55)33(4)26-36(7)47(57)48(63-10)46(56)35(6)25-31(2)17-13-12-14-18-32(39)3/h12-14,17-18,26,31,33-35,37-42,44-45,47-48,54,57,61H,11,15-16,19-25,27-30H2,1-10H3/b14-12+,17-13+,32-18-,36-26+/t31-,33-,34?,35-,37-,38-,39+,40+,41+,42-,44+,45-,47-,48+,52-/m1/s1. The Morgan fingerprint density at radius 2 is 1.60 bits per heavy atom. The number of carbonyl (C=O) groups is 5. The highest BCUT2D eigenvalue weighted by molar-refractivity contribution is 6.39. The number of ether oxygens (including phenoxy) is 4. The average molecular weight is 912 g/mol. The number of aliphatic hydroxyl groups is 3. The van der Waals surface area contributed by atoms with E-state index in [1.165, 1.54) is 12.0 Å². The highest BCUT2D eigenvalue weighted by Crippen LogP contribution is 2.38. The van der Waals surface area contributed by atoms with Crippen molar-refractivity contribution in [3.63, 3.8) is 0 Å². The lowest BCUT2D eigenvalue weighted by atomic mass is 9.78. The number of fused-ring (bicyclic) bond motifs is 3. The molecule has 13 nitrogen and oxygen atoms in total. The fraction of sp³-hybridized carbons (Fsp3) is 0.750. The van der Waals surface area contributed by atoms with Gasteiger partial charge in [0, 0.05) is 44.9 Å². The van der Waals surface area contributed by atoms with E-state index in [9.17, 15) is 39.3 Å². The molecule has 3 N–H and O–H groups in total. The molecular weight excluding hydrogens is 831 g/mol. The van der Waals surface area contributed by atoms with Crippen LogP contribution in [0.4, 0.5) is 0 Å². The van der Waals surface area contributed by atoms with Gasteiger partial charge in [-0.15, -0.1) is 0 Å². The molecule has 3 fully saturated rings. The Morgan fingerprint density at radius 3 is 2.28 bits per heavy atom. The summed E-state index contributed by atoms with van der Waals surface area (Å²) in [5.74, 6) is -7.60. The molecule has 3 heterocycles. The largest absolute Gasteiger partial charge is 0.460 e. The molecule has 2 saturated heterocycles. The predicted molar refractivity (Wildman–Crippen MR) is 248 cm³/mol. The summed E-state index contributed by atoms with van der Waals surface area (Å²) in [6.07, 6.45) is 13.4. The molecule has 0 aromatic heterocycles. The Labute approximate surface area is 388 Å². The Balaban J connectivity index is 1.70. The number of hydrogen-bond donors (Lipinski definition) is 3. The van der Waals surface area contributed by atoms with Crippen molar-refractivity contribution in [3.8, 4) is 0 Å². The molecule has 2 bridgehead atoms. The highest BCUT2D eigenvalue weighted by atomic mass is 16.6. The Hall–Kier alpha value is -3.33. The van der Waals surface area contributed by atoms with Crippen LogP contribution in [0.1, 0.15) is 139 Å². The van der Waals surface area contributed by atoms with Crippen LogP contribution < -0.4 is 0 Å². The zero-order chi connectivity index (χ0) is 48.2. The molecule has 4 aliphatic rings. The molecule has 13 heteroatoms. The van der Waals surface area contributed by atoms with E-state index in [2.05, 4.69) is 6.92 Å². The van der Waals surface area contributed by atoms with E-state index in [-0.39, 0.29) is 60.7 Å². The molecule has 3 aliphatic heterocycles. The lowest BCUT2D eigenvalue weighted by Crippen LogP contribution is -2.60. The molecule has 1 amide bonds. The maximum absolute atomic E-state index is 14.4. The maximum atomic E-state index is 14.4. The SMILES string of the molecule is CC[C@H]1C[C@@H]2CC[C@@H](C)[C@@](O)(O2)C(=O)C(=O)N2CCCC[C@H]2C(=O)O[C@H](C(C)C[C@H]2CC[C@@H](O)[C@H](OC)C2)CC(=O)[C@H](C)/C=C(\C)[C@@H](O)[C@@H](OC)C(=O)[C@H](C)C[C@H](C)/C=C/C=C/C=C\1C. The van der Waals surface area contributed by atoms with Crippen molar-refractivity contribution in [1.29, 1.82) is 0 Å². The van der Waals surface area contributed by atoms with Gasteiger partial charge in [0.05, 0.1) is 18.3 Å². The zero-order valence-electron chi connectivity index (χ0n) is 40.9. The van der Waals surface area contributed by atoms with Crippen LogP contribution in [0.3, 0.4) is 0 Å². The number of rotatable bonds is 6. The van der Waals surface area contributed by atoms with E-state index in [1.54, 1.807) is 34.0 Å². The van der Waals surface area contributed by atoms with Crippen LogP contribution in [0.15, 0.2) is 47.6 Å². The van der Waals surface area contributed by atoms with Crippen LogP contribution in [0.5, 0.6) is 0 Å². The first-order valence-corrected chi connectivity index (χ1v) is 24.4. The molecule has 4 rings (SSSR count). The van der Waals surface area contributed by atoms with Crippen LogP contribution in [-0.4, -0.2) is 119 Å². The van der Waals surface area contributed by atoms with E-state index in [0.717, 1.165) is 18.4 Å². The number of ketones is 3. The summed E-state index contributed by atoms with van der Waals surface area (Å²) in [5, 5.41) is 33.9. The Morgan fingerprint density at radius 1 is 0.877 bits per heavy atom. The van der Waals surface area contributed by atoms with Gasteiger partial charge in [-0.2, -0.15) is 0 Å². The van der Waals surface area contributed by atoms with E-state index >= 15 is 0 Å². The van der Waals surface area contributed by atoms with E-state index in [1.807, 2.05) is 58.1 Å². The van der Waals surface area contributed by atoms with Crippen molar-refractivity contribution >= 4 is 29.2 Å². The van der Waals surface area contributed by atoms with Crippen LogP contribution in [0.25, 0.3) is 0 Å². The second-order valence-corrected chi connectivity index (χ2v) is 20.0. The number of amides is 1. The van der Waals surface area contributed by atoms with Crippen molar-refractivity contribution < 1.29 is 58.2 Å². The van der Waals surface area contributed by atoms with Crippen LogP contribution in [-0.2, 0) is 42.9 Å². The number of cyclic esters (lactones) is 1. The summed E-state index contributed by atoms with van der Waals surface area (Å²) in [6, 6.07) is -1.12. The Kier molecular flexibility index (Phi) is 21.0. The van der Waals surface area contributed by atoms with Crippen molar-refractivity contribution in [1.82, 2.24) is 4.90 Å². The number of nitrogens with zero attached hydrogens (tertiary/aromatic N) is 1. The molecule has 65 heavy (non-hydrogen) atoms. The van der Waals surface area contributed by atoms with Crippen LogP contribution in [0.2, 0.25) is 0 Å². The van der Waals surface area contributed by atoms with Crippen molar-refractivity contribution in [3.05, 3.63) is 47.6 Å². The molecule has 366 valence electrons. The molecule has 0 aromatic rings. The van der Waals surface area contributed by atoms with E-state index < -0.39 is 77.8 Å². The number of methoxy groups -OCH3 is 2. The number of Topliss-reactive ketones (excluding diaryl/α,β-unsaturated/α-hetero) is 3. The summed E-state index contributed by atoms with van der Waals surface area (Å²) >= 11 is 0. The highest BCUT2D eigenvalue weighted by Gasteiger charge is 2.53. The first-order valence-electron chi connectivity index (χ1n) is 24.4. The zero-order valence-corrected chi connectivity index (χ0v) is 40.9. The lowest BCUT2D eigenvalue weighted by molar-refractivity contribution is -0.264. The third-order valence-corrected chi connectivity index (χ3v) is 14.9. The minimum atomic E-state index is -2.37. The molecule has 1 aliphatic carbocycles. The molecule has 0 radical (unpaired) electrons. The molecule has 0 spiro atoms. The number of carbonyl (C=O) groups excluding carboxylic acids is 5. The summed E-state index contributed by atoms with van der Waals surface area (Å²) in [4.78, 5) is 71.9. The third kappa shape index (κ3) is 14.3. The van der Waals surface area contributed by atoms with Crippen molar-refractivity contribution in [2.24, 2.45) is 41.4 Å². The summed E-state index contributed by atoms with van der Waals surface area (Å²) in [7, 11) is 2.96. The molecular formula is C52H81NO12. The third-order valence-electron chi connectivity index (χ3n) is 14.9. The number of piperidine rings is 1. The molecule has 1 unspecified atom stereocenters. The molecule has 0 aromatic carbocycles. The van der Waals surface area contributed by atoms with Crippen LogP contribution in [0, 0.1) is 41.4 Å². The van der Waals surface area contributed by atoms with Crippen molar-refractivity contribution in [2.75, 3.05) is 20.8 Å². The fourth-order valence-corrected chi connectivity index (χ4v) is 10.4. The summed E-state index contributed by atoms with van der Waals surface area (Å²) in [5.41, 5.74) is 1.50. The van der Waals surface area contributed by atoms with Gasteiger partial charge >= 0.3 is 5.97 Å². The van der Waals surface area contributed by atoms with Gasteiger partial charge in [-0.1, -0.05) is 83.6 Å². The maximum Gasteiger partial charge on any atom is 0.329 e. The van der Waals surface area contributed by atoms with E-state index in [0.29, 0.717) is 63.4 Å². The van der Waals surface area contributed by atoms with Gasteiger partial charge in [0.1, 0.15) is 30.1 Å². The van der Waals surface area contributed by atoms with Gasteiger partial charge in [-0.25, -0.2) is 4.79 Å². The van der Waals surface area contributed by atoms with E-state index in [4.69, 9.17) is 18.9 Å². The smallest absolute Gasteiger partial charge is 0.329 e. The summed E-state index contributed by atoms with van der Waals surface area (Å²) in [6.45, 7) is 15.0.